The number of rotatable bonds is 4. The Morgan fingerprint density at radius 3 is 3.06 bits per heavy atom. The number of amides is 1. The maximum Gasteiger partial charge on any atom is 0.254 e. The molecule has 1 aliphatic heterocycles. The fourth-order valence-corrected chi connectivity index (χ4v) is 2.10. The van der Waals surface area contributed by atoms with Crippen LogP contribution < -0.4 is 11.1 Å². The number of hydrogen-bond donors (Lipinski definition) is 2. The minimum atomic E-state index is -0.394. The van der Waals surface area contributed by atoms with Gasteiger partial charge in [0.05, 0.1) is 12.3 Å². The van der Waals surface area contributed by atoms with Gasteiger partial charge >= 0.3 is 0 Å². The summed E-state index contributed by atoms with van der Waals surface area (Å²) < 4.78 is 7.33. The fraction of sp³-hybridized carbons (Fsp3) is 0.667. The molecule has 6 heteroatoms. The van der Waals surface area contributed by atoms with Gasteiger partial charge in [-0.2, -0.15) is 5.10 Å². The summed E-state index contributed by atoms with van der Waals surface area (Å²) in [7, 11) is 0. The second-order valence-corrected chi connectivity index (χ2v) is 4.80. The number of nitrogens with one attached hydrogen (secondary N) is 1. The van der Waals surface area contributed by atoms with E-state index in [-0.39, 0.29) is 18.1 Å². The molecule has 2 rings (SSSR count). The zero-order chi connectivity index (χ0) is 13.1. The maximum absolute atomic E-state index is 12.0. The molecule has 1 aliphatic rings. The number of nitrogens with two attached hydrogens (primary N) is 1. The zero-order valence-corrected chi connectivity index (χ0v) is 10.8. The molecule has 0 unspecified atom stereocenters. The van der Waals surface area contributed by atoms with Crippen LogP contribution in [-0.2, 0) is 9.53 Å². The van der Waals surface area contributed by atoms with E-state index in [2.05, 4.69) is 10.4 Å². The topological polar surface area (TPSA) is 82.2 Å². The first kappa shape index (κ1) is 13.0. The molecule has 1 saturated heterocycles. The summed E-state index contributed by atoms with van der Waals surface area (Å²) in [5.74, 6) is 0.586. The van der Waals surface area contributed by atoms with Crippen molar-refractivity contribution >= 4 is 11.7 Å². The summed E-state index contributed by atoms with van der Waals surface area (Å²) in [6.07, 6.45) is 2.86. The molecule has 1 amide bonds. The van der Waals surface area contributed by atoms with Gasteiger partial charge in [0.25, 0.3) is 5.91 Å². The van der Waals surface area contributed by atoms with Crippen molar-refractivity contribution in [1.29, 1.82) is 0 Å². The number of carbonyl (C=O) groups is 1. The van der Waals surface area contributed by atoms with Gasteiger partial charge in [0.15, 0.2) is 0 Å². The van der Waals surface area contributed by atoms with Crippen LogP contribution in [0.15, 0.2) is 12.3 Å². The molecular formula is C12H20N4O2. The van der Waals surface area contributed by atoms with Crippen LogP contribution >= 0.6 is 0 Å². The first-order valence-electron chi connectivity index (χ1n) is 6.31. The minimum Gasteiger partial charge on any atom is -0.364 e. The van der Waals surface area contributed by atoms with E-state index < -0.39 is 6.10 Å². The summed E-state index contributed by atoms with van der Waals surface area (Å²) in [6, 6.07) is 1.99. The van der Waals surface area contributed by atoms with Gasteiger partial charge in [0.2, 0.25) is 0 Å². The van der Waals surface area contributed by atoms with Crippen molar-refractivity contribution in [2.24, 2.45) is 5.73 Å². The van der Waals surface area contributed by atoms with Crippen molar-refractivity contribution in [2.75, 3.05) is 11.9 Å². The average molecular weight is 252 g/mol. The van der Waals surface area contributed by atoms with Crippen molar-refractivity contribution < 1.29 is 9.53 Å². The Bertz CT molecular complexity index is 416. The number of anilines is 1. The van der Waals surface area contributed by atoms with Gasteiger partial charge < -0.3 is 15.8 Å². The lowest BCUT2D eigenvalue weighted by Gasteiger charge is -2.15. The van der Waals surface area contributed by atoms with Crippen LogP contribution in [0.5, 0.6) is 0 Å². The number of aromatic nitrogens is 2. The Morgan fingerprint density at radius 1 is 1.67 bits per heavy atom. The number of nitrogens with zero attached hydrogens (tertiary/aromatic N) is 2. The molecule has 0 aromatic carbocycles. The SMILES string of the molecule is CC(C)n1nccc1NC(=O)[C@@H]1CC[C@H](CN)O1. The molecule has 1 fully saturated rings. The van der Waals surface area contributed by atoms with E-state index in [0.29, 0.717) is 12.4 Å². The first-order valence-corrected chi connectivity index (χ1v) is 6.31. The van der Waals surface area contributed by atoms with Crippen LogP contribution in [0.25, 0.3) is 0 Å². The second-order valence-electron chi connectivity index (χ2n) is 4.80. The smallest absolute Gasteiger partial charge is 0.254 e. The van der Waals surface area contributed by atoms with Crippen molar-refractivity contribution in [1.82, 2.24) is 9.78 Å². The van der Waals surface area contributed by atoms with Crippen molar-refractivity contribution in [3.8, 4) is 0 Å². The lowest BCUT2D eigenvalue weighted by Crippen LogP contribution is -2.30. The van der Waals surface area contributed by atoms with Crippen LogP contribution in [0.1, 0.15) is 32.7 Å². The second kappa shape index (κ2) is 5.49. The summed E-state index contributed by atoms with van der Waals surface area (Å²) in [5.41, 5.74) is 5.53. The summed E-state index contributed by atoms with van der Waals surface area (Å²) in [6.45, 7) is 4.49. The highest BCUT2D eigenvalue weighted by Gasteiger charge is 2.30. The van der Waals surface area contributed by atoms with Gasteiger partial charge in [0.1, 0.15) is 11.9 Å². The Morgan fingerprint density at radius 2 is 2.44 bits per heavy atom. The summed E-state index contributed by atoms with van der Waals surface area (Å²) in [5, 5.41) is 7.02. The standard InChI is InChI=1S/C12H20N4O2/c1-8(2)16-11(5-6-14-16)15-12(17)10-4-3-9(7-13)18-10/h5-6,8-10H,3-4,7,13H2,1-2H3,(H,15,17)/t9-,10+/m1/s1. The van der Waals surface area contributed by atoms with Crippen LogP contribution in [0, 0.1) is 0 Å². The molecule has 6 nitrogen and oxygen atoms in total. The number of hydrogen-bond acceptors (Lipinski definition) is 4. The molecular weight excluding hydrogens is 232 g/mol. The maximum atomic E-state index is 12.0. The largest absolute Gasteiger partial charge is 0.364 e. The molecule has 18 heavy (non-hydrogen) atoms. The first-order chi connectivity index (χ1) is 8.61. The summed E-state index contributed by atoms with van der Waals surface area (Å²) in [4.78, 5) is 12.0. The molecule has 0 spiro atoms. The molecule has 1 aromatic heterocycles. The van der Waals surface area contributed by atoms with Gasteiger partial charge in [-0.25, -0.2) is 4.68 Å². The van der Waals surface area contributed by atoms with Gasteiger partial charge in [-0.15, -0.1) is 0 Å². The zero-order valence-electron chi connectivity index (χ0n) is 10.8. The molecule has 1 aromatic rings. The fourth-order valence-electron chi connectivity index (χ4n) is 2.10. The highest BCUT2D eigenvalue weighted by Crippen LogP contribution is 2.21. The Labute approximate surface area is 106 Å². The monoisotopic (exact) mass is 252 g/mol. The number of ether oxygens (including phenoxy) is 1. The summed E-state index contributed by atoms with van der Waals surface area (Å²) >= 11 is 0. The quantitative estimate of drug-likeness (QED) is 0.834. The average Bonchev–Trinajstić information content (AvgIpc) is 2.96. The third-order valence-corrected chi connectivity index (χ3v) is 3.07. The molecule has 100 valence electrons. The van der Waals surface area contributed by atoms with Crippen LogP contribution in [0.4, 0.5) is 5.82 Å². The molecule has 0 bridgehead atoms. The van der Waals surface area contributed by atoms with Gasteiger partial charge in [0, 0.05) is 18.7 Å². The van der Waals surface area contributed by atoms with Crippen molar-refractivity contribution in [3.63, 3.8) is 0 Å². The highest BCUT2D eigenvalue weighted by atomic mass is 16.5. The van der Waals surface area contributed by atoms with Gasteiger partial charge in [-0.1, -0.05) is 0 Å². The van der Waals surface area contributed by atoms with Crippen LogP contribution in [-0.4, -0.2) is 34.4 Å². The number of carbonyl (C=O) groups excluding carboxylic acids is 1. The molecule has 0 radical (unpaired) electrons. The predicted molar refractivity (Wildman–Crippen MR) is 68.2 cm³/mol. The van der Waals surface area contributed by atoms with E-state index in [0.717, 1.165) is 12.8 Å². The minimum absolute atomic E-state index is 0.00996. The van der Waals surface area contributed by atoms with E-state index in [4.69, 9.17) is 10.5 Å². The molecule has 3 N–H and O–H groups in total. The molecule has 0 saturated carbocycles. The Hall–Kier alpha value is -1.40. The normalized spacial score (nSPS) is 23.6. The van der Waals surface area contributed by atoms with E-state index in [9.17, 15) is 4.79 Å². The lowest BCUT2D eigenvalue weighted by molar-refractivity contribution is -0.126. The third-order valence-electron chi connectivity index (χ3n) is 3.07. The Balaban J connectivity index is 1.97. The van der Waals surface area contributed by atoms with Crippen molar-refractivity contribution in [3.05, 3.63) is 12.3 Å². The van der Waals surface area contributed by atoms with E-state index in [1.807, 2.05) is 13.8 Å². The van der Waals surface area contributed by atoms with Gasteiger partial charge in [-0.3, -0.25) is 4.79 Å². The van der Waals surface area contributed by atoms with Crippen LogP contribution in [0.3, 0.4) is 0 Å². The van der Waals surface area contributed by atoms with E-state index in [1.165, 1.54) is 0 Å². The predicted octanol–water partition coefficient (Wildman–Crippen LogP) is 0.909. The van der Waals surface area contributed by atoms with E-state index in [1.54, 1.807) is 16.9 Å². The lowest BCUT2D eigenvalue weighted by atomic mass is 10.2. The van der Waals surface area contributed by atoms with Crippen LogP contribution in [0.2, 0.25) is 0 Å². The molecule has 2 heterocycles. The van der Waals surface area contributed by atoms with Gasteiger partial charge in [-0.05, 0) is 26.7 Å². The van der Waals surface area contributed by atoms with Crippen molar-refractivity contribution in [2.45, 2.75) is 44.9 Å². The highest BCUT2D eigenvalue weighted by molar-refractivity contribution is 5.93. The Kier molecular flexibility index (Phi) is 3.98. The molecule has 2 atom stereocenters. The third kappa shape index (κ3) is 2.70. The van der Waals surface area contributed by atoms with E-state index >= 15 is 0 Å². The molecule has 0 aliphatic carbocycles.